The molecule has 1 aliphatic rings. The molecule has 0 amide bonds. The smallest absolute Gasteiger partial charge is 0.306 e. The minimum Gasteiger partial charge on any atom is -0.460 e. The van der Waals surface area contributed by atoms with E-state index in [0.29, 0.717) is 13.0 Å². The summed E-state index contributed by atoms with van der Waals surface area (Å²) < 4.78 is 10.5. The molecule has 0 bridgehead atoms. The van der Waals surface area contributed by atoms with Gasteiger partial charge in [0.15, 0.2) is 0 Å². The lowest BCUT2D eigenvalue weighted by Gasteiger charge is -2.22. The van der Waals surface area contributed by atoms with Gasteiger partial charge in [0.1, 0.15) is 6.10 Å². The predicted octanol–water partition coefficient (Wildman–Crippen LogP) is 3.32. The van der Waals surface area contributed by atoms with Crippen LogP contribution in [-0.4, -0.2) is 25.3 Å². The molecule has 96 valence electrons. The molecular formula is C13H26O3. The minimum atomic E-state index is -0.0612. The second kappa shape index (κ2) is 10.9. The predicted molar refractivity (Wildman–Crippen MR) is 65.4 cm³/mol. The molecule has 1 atom stereocenters. The minimum absolute atomic E-state index is 0.0119. The average molecular weight is 230 g/mol. The maximum Gasteiger partial charge on any atom is 0.306 e. The monoisotopic (exact) mass is 230 g/mol. The molecule has 1 saturated heterocycles. The Morgan fingerprint density at radius 3 is 2.69 bits per heavy atom. The van der Waals surface area contributed by atoms with E-state index in [2.05, 4.69) is 6.92 Å². The number of hydrogen-bond acceptors (Lipinski definition) is 3. The van der Waals surface area contributed by atoms with Crippen LogP contribution < -0.4 is 0 Å². The van der Waals surface area contributed by atoms with Gasteiger partial charge in [0.05, 0.1) is 6.61 Å². The van der Waals surface area contributed by atoms with E-state index in [1.165, 1.54) is 0 Å². The first-order chi connectivity index (χ1) is 7.83. The zero-order valence-electron chi connectivity index (χ0n) is 11.0. The molecule has 1 fully saturated rings. The van der Waals surface area contributed by atoms with Gasteiger partial charge < -0.3 is 9.47 Å². The van der Waals surface area contributed by atoms with E-state index in [4.69, 9.17) is 9.47 Å². The molecule has 0 aliphatic carbocycles. The molecule has 0 spiro atoms. The standard InChI is InChI=1S/C11H20O3.C2H6/c1-2-3-4-7-11(12)14-10-6-5-8-13-9-10;1-2/h10H,2-9H2,1H3;1-2H3. The molecule has 0 aromatic rings. The number of rotatable bonds is 5. The fraction of sp³-hybridized carbons (Fsp3) is 0.923. The molecule has 0 aromatic heterocycles. The van der Waals surface area contributed by atoms with Gasteiger partial charge >= 0.3 is 5.97 Å². The van der Waals surface area contributed by atoms with E-state index in [0.717, 1.165) is 38.7 Å². The van der Waals surface area contributed by atoms with E-state index in [1.54, 1.807) is 0 Å². The van der Waals surface area contributed by atoms with Gasteiger partial charge in [-0.1, -0.05) is 33.6 Å². The van der Waals surface area contributed by atoms with Crippen LogP contribution in [0.3, 0.4) is 0 Å². The van der Waals surface area contributed by atoms with Gasteiger partial charge in [-0.25, -0.2) is 0 Å². The molecule has 0 N–H and O–H groups in total. The van der Waals surface area contributed by atoms with Crippen LogP contribution >= 0.6 is 0 Å². The molecule has 3 heteroatoms. The first kappa shape index (κ1) is 15.4. The molecule has 1 unspecified atom stereocenters. The maximum atomic E-state index is 11.3. The maximum absolute atomic E-state index is 11.3. The van der Waals surface area contributed by atoms with E-state index < -0.39 is 0 Å². The summed E-state index contributed by atoms with van der Waals surface area (Å²) in [5, 5.41) is 0. The normalized spacial score (nSPS) is 19.6. The van der Waals surface area contributed by atoms with Gasteiger partial charge in [0, 0.05) is 13.0 Å². The molecule has 3 nitrogen and oxygen atoms in total. The van der Waals surface area contributed by atoms with E-state index in [-0.39, 0.29) is 12.1 Å². The van der Waals surface area contributed by atoms with Crippen LogP contribution in [0.4, 0.5) is 0 Å². The van der Waals surface area contributed by atoms with Crippen molar-refractivity contribution in [2.24, 2.45) is 0 Å². The SMILES string of the molecule is CC.CCCCCC(=O)OC1CCCOC1. The Kier molecular flexibility index (Phi) is 10.5. The van der Waals surface area contributed by atoms with Crippen LogP contribution in [0.5, 0.6) is 0 Å². The first-order valence-corrected chi connectivity index (χ1v) is 6.60. The van der Waals surface area contributed by atoms with Gasteiger partial charge in [-0.05, 0) is 19.3 Å². The summed E-state index contributed by atoms with van der Waals surface area (Å²) in [7, 11) is 0. The highest BCUT2D eigenvalue weighted by atomic mass is 16.6. The molecule has 0 radical (unpaired) electrons. The van der Waals surface area contributed by atoms with E-state index >= 15 is 0 Å². The highest BCUT2D eigenvalue weighted by molar-refractivity contribution is 5.69. The van der Waals surface area contributed by atoms with Crippen molar-refractivity contribution in [1.29, 1.82) is 0 Å². The van der Waals surface area contributed by atoms with Crippen molar-refractivity contribution in [3.8, 4) is 0 Å². The van der Waals surface area contributed by atoms with Crippen LogP contribution in [0.15, 0.2) is 0 Å². The van der Waals surface area contributed by atoms with Gasteiger partial charge in [-0.3, -0.25) is 4.79 Å². The quantitative estimate of drug-likeness (QED) is 0.537. The van der Waals surface area contributed by atoms with Gasteiger partial charge in [-0.2, -0.15) is 0 Å². The summed E-state index contributed by atoms with van der Waals surface area (Å²) in [6.45, 7) is 7.52. The highest BCUT2D eigenvalue weighted by Crippen LogP contribution is 2.11. The van der Waals surface area contributed by atoms with Crippen molar-refractivity contribution < 1.29 is 14.3 Å². The first-order valence-electron chi connectivity index (χ1n) is 6.60. The molecule has 1 rings (SSSR count). The molecule has 0 aromatic carbocycles. The second-order valence-electron chi connectivity index (χ2n) is 3.79. The van der Waals surface area contributed by atoms with Gasteiger partial charge in [0.2, 0.25) is 0 Å². The zero-order chi connectivity index (χ0) is 12.2. The Hall–Kier alpha value is -0.570. The molecule has 0 saturated carbocycles. The van der Waals surface area contributed by atoms with Crippen LogP contribution in [0.1, 0.15) is 59.3 Å². The van der Waals surface area contributed by atoms with E-state index in [1.807, 2.05) is 13.8 Å². The number of carbonyl (C=O) groups is 1. The van der Waals surface area contributed by atoms with Crippen molar-refractivity contribution >= 4 is 5.97 Å². The van der Waals surface area contributed by atoms with Crippen molar-refractivity contribution in [2.45, 2.75) is 65.4 Å². The zero-order valence-corrected chi connectivity index (χ0v) is 11.0. The van der Waals surface area contributed by atoms with Crippen molar-refractivity contribution in [3.63, 3.8) is 0 Å². The van der Waals surface area contributed by atoms with Crippen molar-refractivity contribution in [2.75, 3.05) is 13.2 Å². The fourth-order valence-corrected chi connectivity index (χ4v) is 1.57. The number of hydrogen-bond donors (Lipinski definition) is 0. The third kappa shape index (κ3) is 7.69. The van der Waals surface area contributed by atoms with Crippen LogP contribution in [-0.2, 0) is 14.3 Å². The number of esters is 1. The number of unbranched alkanes of at least 4 members (excludes halogenated alkanes) is 2. The summed E-state index contributed by atoms with van der Waals surface area (Å²) >= 11 is 0. The van der Waals surface area contributed by atoms with Crippen LogP contribution in [0.25, 0.3) is 0 Å². The van der Waals surface area contributed by atoms with E-state index in [9.17, 15) is 4.79 Å². The van der Waals surface area contributed by atoms with Gasteiger partial charge in [0.25, 0.3) is 0 Å². The Morgan fingerprint density at radius 2 is 2.12 bits per heavy atom. The van der Waals surface area contributed by atoms with Crippen LogP contribution in [0, 0.1) is 0 Å². The second-order valence-corrected chi connectivity index (χ2v) is 3.79. The molecule has 16 heavy (non-hydrogen) atoms. The topological polar surface area (TPSA) is 35.5 Å². The largest absolute Gasteiger partial charge is 0.460 e. The summed E-state index contributed by atoms with van der Waals surface area (Å²) in [5.41, 5.74) is 0. The Balaban J connectivity index is 0.00000106. The fourth-order valence-electron chi connectivity index (χ4n) is 1.57. The Morgan fingerprint density at radius 1 is 1.38 bits per heavy atom. The average Bonchev–Trinajstić information content (AvgIpc) is 2.33. The molecule has 1 aliphatic heterocycles. The highest BCUT2D eigenvalue weighted by Gasteiger charge is 2.17. The van der Waals surface area contributed by atoms with Crippen molar-refractivity contribution in [1.82, 2.24) is 0 Å². The summed E-state index contributed by atoms with van der Waals surface area (Å²) in [6.07, 6.45) is 5.73. The van der Waals surface area contributed by atoms with Crippen molar-refractivity contribution in [3.05, 3.63) is 0 Å². The number of carbonyl (C=O) groups excluding carboxylic acids is 1. The third-order valence-corrected chi connectivity index (χ3v) is 2.40. The Labute approximate surface area is 99.5 Å². The van der Waals surface area contributed by atoms with Crippen LogP contribution in [0.2, 0.25) is 0 Å². The summed E-state index contributed by atoms with van der Waals surface area (Å²) in [4.78, 5) is 11.3. The van der Waals surface area contributed by atoms with Gasteiger partial charge in [-0.15, -0.1) is 0 Å². The summed E-state index contributed by atoms with van der Waals surface area (Å²) in [5.74, 6) is -0.0612. The summed E-state index contributed by atoms with van der Waals surface area (Å²) in [6, 6.07) is 0. The lowest BCUT2D eigenvalue weighted by molar-refractivity contribution is -0.155. The third-order valence-electron chi connectivity index (χ3n) is 2.40. The Bertz CT molecular complexity index is 163. The lowest BCUT2D eigenvalue weighted by Crippen LogP contribution is -2.27. The number of ether oxygens (including phenoxy) is 2. The molecular weight excluding hydrogens is 204 g/mol. The molecule has 1 heterocycles. The lowest BCUT2D eigenvalue weighted by atomic mass is 10.1.